The van der Waals surface area contributed by atoms with Crippen LogP contribution in [0, 0.1) is 0 Å². The van der Waals surface area contributed by atoms with Gasteiger partial charge in [-0.2, -0.15) is 0 Å². The molecular weight excluding hydrogens is 476 g/mol. The molecule has 0 saturated heterocycles. The molecule has 11 heteroatoms. The number of rotatable bonds is 8. The molecule has 34 heavy (non-hydrogen) atoms. The first-order chi connectivity index (χ1) is 16.1. The second-order valence-electron chi connectivity index (χ2n) is 8.14. The quantitative estimate of drug-likeness (QED) is 0.571. The van der Waals surface area contributed by atoms with Crippen molar-refractivity contribution in [1.29, 1.82) is 0 Å². The van der Waals surface area contributed by atoms with Crippen LogP contribution in [0.2, 0.25) is 0 Å². The summed E-state index contributed by atoms with van der Waals surface area (Å²) in [5.74, 6) is -0.794. The zero-order valence-corrected chi connectivity index (χ0v) is 21.4. The van der Waals surface area contributed by atoms with E-state index < -0.39 is 15.9 Å². The summed E-state index contributed by atoms with van der Waals surface area (Å²) in [6.07, 6.45) is 2.18. The van der Waals surface area contributed by atoms with Crippen molar-refractivity contribution in [3.63, 3.8) is 0 Å². The van der Waals surface area contributed by atoms with Crippen molar-refractivity contribution >= 4 is 44.1 Å². The van der Waals surface area contributed by atoms with E-state index in [9.17, 15) is 22.8 Å². The van der Waals surface area contributed by atoms with Crippen molar-refractivity contribution in [2.75, 3.05) is 32.5 Å². The summed E-state index contributed by atoms with van der Waals surface area (Å²) in [4.78, 5) is 40.0. The van der Waals surface area contributed by atoms with Crippen LogP contribution in [0.4, 0.5) is 5.00 Å². The third-order valence-electron chi connectivity index (χ3n) is 5.83. The van der Waals surface area contributed by atoms with Gasteiger partial charge in [0.25, 0.3) is 11.8 Å². The van der Waals surface area contributed by atoms with Crippen LogP contribution in [0.5, 0.6) is 0 Å². The predicted octanol–water partition coefficient (Wildman–Crippen LogP) is 2.69. The van der Waals surface area contributed by atoms with Crippen LogP contribution in [0.25, 0.3) is 0 Å². The third kappa shape index (κ3) is 5.31. The zero-order chi connectivity index (χ0) is 25.0. The Labute approximate surface area is 204 Å². The summed E-state index contributed by atoms with van der Waals surface area (Å²) in [7, 11) is -0.563. The summed E-state index contributed by atoms with van der Waals surface area (Å²) < 4.78 is 26.7. The summed E-state index contributed by atoms with van der Waals surface area (Å²) in [5, 5.41) is 5.84. The third-order valence-corrected chi connectivity index (χ3v) is 8.84. The Morgan fingerprint density at radius 1 is 1.15 bits per heavy atom. The Bertz CT molecular complexity index is 1190. The molecule has 3 rings (SSSR count). The normalized spacial score (nSPS) is 13.5. The minimum absolute atomic E-state index is 0.0403. The highest BCUT2D eigenvalue weighted by atomic mass is 32.2. The molecule has 9 nitrogen and oxygen atoms in total. The molecule has 0 spiro atoms. The Balaban J connectivity index is 1.83. The number of thiophene rings is 1. The van der Waals surface area contributed by atoms with E-state index in [1.165, 1.54) is 60.9 Å². The van der Waals surface area contributed by atoms with Crippen LogP contribution in [0.15, 0.2) is 29.2 Å². The Morgan fingerprint density at radius 3 is 2.41 bits per heavy atom. The van der Waals surface area contributed by atoms with E-state index in [4.69, 9.17) is 0 Å². The monoisotopic (exact) mass is 506 g/mol. The highest BCUT2D eigenvalue weighted by Gasteiger charge is 2.29. The van der Waals surface area contributed by atoms with Crippen molar-refractivity contribution < 1.29 is 22.8 Å². The van der Waals surface area contributed by atoms with Gasteiger partial charge in [-0.25, -0.2) is 12.7 Å². The Kier molecular flexibility index (Phi) is 8.11. The number of hydrogen-bond donors (Lipinski definition) is 2. The molecule has 0 atom stereocenters. The molecule has 0 unspecified atom stereocenters. The van der Waals surface area contributed by atoms with E-state index in [2.05, 4.69) is 10.6 Å². The van der Waals surface area contributed by atoms with E-state index >= 15 is 0 Å². The fourth-order valence-corrected chi connectivity index (χ4v) is 6.23. The summed E-state index contributed by atoms with van der Waals surface area (Å²) in [5.41, 5.74) is 1.53. The van der Waals surface area contributed by atoms with E-state index in [0.29, 0.717) is 36.6 Å². The first-order valence-electron chi connectivity index (χ1n) is 11.1. The fourth-order valence-electron chi connectivity index (χ4n) is 3.76. The number of benzene rings is 1. The Morgan fingerprint density at radius 2 is 1.82 bits per heavy atom. The average molecular weight is 507 g/mol. The minimum Gasteiger partial charge on any atom is -0.355 e. The molecule has 1 aliphatic rings. The smallest absolute Gasteiger partial charge is 0.256 e. The lowest BCUT2D eigenvalue weighted by molar-refractivity contribution is -0.129. The maximum absolute atomic E-state index is 12.9. The molecule has 184 valence electrons. The van der Waals surface area contributed by atoms with Crippen LogP contribution in [0.3, 0.4) is 0 Å². The summed E-state index contributed by atoms with van der Waals surface area (Å²) in [6.45, 7) is 4.83. The number of fused-ring (bicyclic) bond motifs is 1. The van der Waals surface area contributed by atoms with Crippen molar-refractivity contribution in [2.24, 2.45) is 0 Å². The number of anilines is 1. The van der Waals surface area contributed by atoms with E-state index in [1.54, 1.807) is 4.90 Å². The number of hydrogen-bond acceptors (Lipinski definition) is 6. The molecule has 0 saturated carbocycles. The molecule has 0 fully saturated rings. The van der Waals surface area contributed by atoms with Gasteiger partial charge in [0.05, 0.1) is 17.0 Å². The highest BCUT2D eigenvalue weighted by Crippen LogP contribution is 2.37. The first kappa shape index (κ1) is 25.9. The zero-order valence-electron chi connectivity index (χ0n) is 19.8. The number of carbonyl (C=O) groups is 3. The molecule has 0 aliphatic carbocycles. The van der Waals surface area contributed by atoms with Crippen LogP contribution in [0.1, 0.15) is 57.8 Å². The largest absolute Gasteiger partial charge is 0.355 e. The van der Waals surface area contributed by atoms with Gasteiger partial charge in [0.2, 0.25) is 15.9 Å². The van der Waals surface area contributed by atoms with Gasteiger partial charge in [0, 0.05) is 44.5 Å². The topological polar surface area (TPSA) is 116 Å². The lowest BCUT2D eigenvalue weighted by atomic mass is 10.0. The van der Waals surface area contributed by atoms with Gasteiger partial charge in [0.1, 0.15) is 5.00 Å². The van der Waals surface area contributed by atoms with Gasteiger partial charge in [-0.05, 0) is 42.7 Å². The minimum atomic E-state index is -3.63. The molecule has 2 N–H and O–H groups in total. The lowest BCUT2D eigenvalue weighted by Gasteiger charge is -2.25. The predicted molar refractivity (Wildman–Crippen MR) is 132 cm³/mol. The second kappa shape index (κ2) is 10.7. The Hall–Kier alpha value is -2.76. The fraction of sp³-hybridized carbons (Fsp3) is 0.435. The van der Waals surface area contributed by atoms with Gasteiger partial charge in [-0.15, -0.1) is 11.3 Å². The van der Waals surface area contributed by atoms with Crippen molar-refractivity contribution in [1.82, 2.24) is 14.5 Å². The molecule has 1 aliphatic heterocycles. The molecule has 2 aromatic rings. The standard InChI is InChI=1S/C23H30N4O5S2/c1-5-6-12-26(4)34(31,32)17-9-7-16(8-10-17)21(29)25-23-20(22(30)24-3)18-11-13-27(15(2)28)14-19(18)33-23/h7-10H,5-6,11-14H2,1-4H3,(H,24,30)(H,25,29). The SMILES string of the molecule is CCCCN(C)S(=O)(=O)c1ccc(C(=O)Nc2sc3c(c2C(=O)NC)CCN(C(C)=O)C3)cc1. The van der Waals surface area contributed by atoms with Gasteiger partial charge in [-0.3, -0.25) is 14.4 Å². The number of unbranched alkanes of at least 4 members (excludes halogenated alkanes) is 1. The van der Waals surface area contributed by atoms with E-state index in [0.717, 1.165) is 23.3 Å². The second-order valence-corrected chi connectivity index (χ2v) is 11.3. The molecular formula is C23H30N4O5S2. The molecule has 3 amide bonds. The summed E-state index contributed by atoms with van der Waals surface area (Å²) in [6, 6.07) is 5.74. The molecule has 0 bridgehead atoms. The number of amides is 3. The molecule has 1 aromatic heterocycles. The van der Waals surface area contributed by atoms with Crippen molar-refractivity contribution in [3.05, 3.63) is 45.8 Å². The maximum atomic E-state index is 12.9. The first-order valence-corrected chi connectivity index (χ1v) is 13.4. The van der Waals surface area contributed by atoms with Crippen molar-refractivity contribution in [3.8, 4) is 0 Å². The van der Waals surface area contributed by atoms with Crippen LogP contribution in [-0.2, 0) is 27.8 Å². The number of nitrogens with one attached hydrogen (secondary N) is 2. The van der Waals surface area contributed by atoms with Crippen LogP contribution < -0.4 is 10.6 Å². The van der Waals surface area contributed by atoms with Crippen LogP contribution >= 0.6 is 11.3 Å². The van der Waals surface area contributed by atoms with Gasteiger partial charge < -0.3 is 15.5 Å². The number of sulfonamides is 1. The molecule has 0 radical (unpaired) electrons. The highest BCUT2D eigenvalue weighted by molar-refractivity contribution is 7.89. The average Bonchev–Trinajstić information content (AvgIpc) is 3.18. The number of carbonyl (C=O) groups excluding carboxylic acids is 3. The summed E-state index contributed by atoms with van der Waals surface area (Å²) >= 11 is 1.28. The van der Waals surface area contributed by atoms with Crippen LogP contribution in [-0.4, -0.2) is 62.5 Å². The van der Waals surface area contributed by atoms with E-state index in [1.807, 2.05) is 6.92 Å². The number of nitrogens with zero attached hydrogens (tertiary/aromatic N) is 2. The van der Waals surface area contributed by atoms with Gasteiger partial charge in [0.15, 0.2) is 0 Å². The molecule has 1 aromatic carbocycles. The maximum Gasteiger partial charge on any atom is 0.256 e. The van der Waals surface area contributed by atoms with Gasteiger partial charge in [-0.1, -0.05) is 13.3 Å². The lowest BCUT2D eigenvalue weighted by Crippen LogP contribution is -2.34. The molecule has 2 heterocycles. The van der Waals surface area contributed by atoms with E-state index in [-0.39, 0.29) is 22.3 Å². The van der Waals surface area contributed by atoms with Gasteiger partial charge >= 0.3 is 0 Å². The van der Waals surface area contributed by atoms with Crippen molar-refractivity contribution in [2.45, 2.75) is 44.6 Å².